The molecule has 6 heteroatoms. The van der Waals surface area contributed by atoms with Crippen LogP contribution >= 0.6 is 0 Å². The molecule has 0 aromatic carbocycles. The Morgan fingerprint density at radius 2 is 1.80 bits per heavy atom. The summed E-state index contributed by atoms with van der Waals surface area (Å²) in [6.45, 7) is 5.74. The molecule has 1 saturated carbocycles. The molecule has 5 bridgehead atoms. The number of ether oxygens (including phenoxy) is 2. The SMILES string of the molecule is C[C@@H]1C[C@H](C)C(O)/C=C\[C@@H]2[C@@H](O)[C@@H]3OC4=C(C(=O)O[C@@]42C[C@H]3C)C1O. The van der Waals surface area contributed by atoms with Gasteiger partial charge in [0, 0.05) is 6.42 Å². The average Bonchev–Trinajstić information content (AvgIpc) is 2.83. The summed E-state index contributed by atoms with van der Waals surface area (Å²) < 4.78 is 11.8. The fourth-order valence-corrected chi connectivity index (χ4v) is 5.06. The van der Waals surface area contributed by atoms with Crippen LogP contribution in [0.5, 0.6) is 0 Å². The maximum Gasteiger partial charge on any atom is 0.341 e. The molecular formula is C19H26O6. The molecule has 0 radical (unpaired) electrons. The molecule has 6 nitrogen and oxygen atoms in total. The smallest absolute Gasteiger partial charge is 0.341 e. The molecule has 3 fully saturated rings. The summed E-state index contributed by atoms with van der Waals surface area (Å²) in [5.41, 5.74) is -0.886. The molecule has 5 aliphatic rings. The second-order valence-electron chi connectivity index (χ2n) is 8.31. The predicted molar refractivity (Wildman–Crippen MR) is 88.1 cm³/mol. The standard InChI is InChI=1S/C19H26O6/c1-8-6-9(2)14(21)13-17-19(25-18(13)23)7-10(3)16(24-17)15(22)11(19)4-5-12(8)20/h4-5,8-12,14-16,20-22H,6-7H2,1-3H3/b5-4-/t8-,9+,10+,11+,12?,14?,15+,16+,19+/m0/s1. The number of aliphatic hydroxyl groups is 3. The first-order chi connectivity index (χ1) is 11.8. The largest absolute Gasteiger partial charge is 0.487 e. The maximum atomic E-state index is 12.6. The van der Waals surface area contributed by atoms with Gasteiger partial charge in [-0.25, -0.2) is 4.79 Å². The minimum Gasteiger partial charge on any atom is -0.487 e. The van der Waals surface area contributed by atoms with Crippen molar-refractivity contribution in [1.82, 2.24) is 0 Å². The monoisotopic (exact) mass is 350 g/mol. The van der Waals surface area contributed by atoms with Crippen LogP contribution in [-0.2, 0) is 14.3 Å². The number of carbonyl (C=O) groups excluding carboxylic acids is 1. The zero-order valence-electron chi connectivity index (χ0n) is 14.8. The van der Waals surface area contributed by atoms with E-state index in [1.165, 1.54) is 0 Å². The molecule has 0 aromatic rings. The second kappa shape index (κ2) is 5.56. The lowest BCUT2D eigenvalue weighted by Gasteiger charge is -2.54. The molecule has 5 rings (SSSR count). The summed E-state index contributed by atoms with van der Waals surface area (Å²) in [5.74, 6) is -0.926. The van der Waals surface area contributed by atoms with E-state index >= 15 is 0 Å². The third-order valence-electron chi connectivity index (χ3n) is 6.48. The number of esters is 1. The molecule has 138 valence electrons. The van der Waals surface area contributed by atoms with E-state index in [9.17, 15) is 20.1 Å². The summed E-state index contributed by atoms with van der Waals surface area (Å²) in [6, 6.07) is 0. The number of fused-ring (bicyclic) bond motifs is 1. The molecule has 2 unspecified atom stereocenters. The Kier molecular flexibility index (Phi) is 3.80. The van der Waals surface area contributed by atoms with Gasteiger partial charge in [-0.1, -0.05) is 32.9 Å². The average molecular weight is 350 g/mol. The maximum absolute atomic E-state index is 12.6. The number of hydrogen-bond donors (Lipinski definition) is 3. The van der Waals surface area contributed by atoms with Crippen LogP contribution in [0, 0.1) is 23.7 Å². The fraction of sp³-hybridized carbons (Fsp3) is 0.737. The van der Waals surface area contributed by atoms with Gasteiger partial charge in [-0.2, -0.15) is 0 Å². The Morgan fingerprint density at radius 1 is 1.08 bits per heavy atom. The zero-order chi connectivity index (χ0) is 18.1. The molecule has 2 aliphatic carbocycles. The number of rotatable bonds is 0. The molecule has 3 aliphatic heterocycles. The third-order valence-corrected chi connectivity index (χ3v) is 6.48. The lowest BCUT2D eigenvalue weighted by atomic mass is 9.64. The molecule has 25 heavy (non-hydrogen) atoms. The highest BCUT2D eigenvalue weighted by atomic mass is 16.6. The van der Waals surface area contributed by atoms with Gasteiger partial charge >= 0.3 is 5.97 Å². The first kappa shape index (κ1) is 17.1. The van der Waals surface area contributed by atoms with Gasteiger partial charge in [-0.05, 0) is 24.2 Å². The van der Waals surface area contributed by atoms with E-state index < -0.39 is 41.9 Å². The fourth-order valence-electron chi connectivity index (χ4n) is 5.06. The molecular weight excluding hydrogens is 324 g/mol. The van der Waals surface area contributed by atoms with Crippen molar-refractivity contribution >= 4 is 5.97 Å². The van der Waals surface area contributed by atoms with Crippen molar-refractivity contribution in [2.75, 3.05) is 0 Å². The van der Waals surface area contributed by atoms with Crippen LogP contribution in [-0.4, -0.2) is 51.3 Å². The highest BCUT2D eigenvalue weighted by Gasteiger charge is 2.66. The van der Waals surface area contributed by atoms with Gasteiger partial charge in [-0.3, -0.25) is 0 Å². The van der Waals surface area contributed by atoms with E-state index in [1.807, 2.05) is 20.8 Å². The molecule has 3 N–H and O–H groups in total. The molecule has 2 saturated heterocycles. The Labute approximate surface area is 147 Å². The summed E-state index contributed by atoms with van der Waals surface area (Å²) in [7, 11) is 0. The Morgan fingerprint density at radius 3 is 2.52 bits per heavy atom. The summed E-state index contributed by atoms with van der Waals surface area (Å²) >= 11 is 0. The van der Waals surface area contributed by atoms with Gasteiger partial charge in [0.25, 0.3) is 0 Å². The second-order valence-corrected chi connectivity index (χ2v) is 8.31. The normalized spacial score (nSPS) is 53.1. The number of aliphatic hydroxyl groups excluding tert-OH is 3. The van der Waals surface area contributed by atoms with Crippen molar-refractivity contribution in [1.29, 1.82) is 0 Å². The lowest BCUT2D eigenvalue weighted by molar-refractivity contribution is -0.220. The highest BCUT2D eigenvalue weighted by Crippen LogP contribution is 2.57. The van der Waals surface area contributed by atoms with E-state index in [0.29, 0.717) is 18.6 Å². The van der Waals surface area contributed by atoms with E-state index in [-0.39, 0.29) is 23.3 Å². The molecule has 0 aromatic heterocycles. The minimum absolute atomic E-state index is 0.0269. The Bertz CT molecular complexity index is 654. The van der Waals surface area contributed by atoms with E-state index in [4.69, 9.17) is 9.47 Å². The number of hydrogen-bond acceptors (Lipinski definition) is 6. The van der Waals surface area contributed by atoms with Crippen molar-refractivity contribution < 1.29 is 29.6 Å². The Balaban J connectivity index is 1.89. The van der Waals surface area contributed by atoms with Crippen LogP contribution in [0.2, 0.25) is 0 Å². The van der Waals surface area contributed by atoms with Crippen LogP contribution in [0.1, 0.15) is 33.6 Å². The van der Waals surface area contributed by atoms with Crippen molar-refractivity contribution in [3.8, 4) is 0 Å². The zero-order valence-corrected chi connectivity index (χ0v) is 14.8. The van der Waals surface area contributed by atoms with Crippen molar-refractivity contribution in [3.63, 3.8) is 0 Å². The molecule has 0 amide bonds. The molecule has 9 atom stereocenters. The van der Waals surface area contributed by atoms with Gasteiger partial charge in [0.1, 0.15) is 17.8 Å². The van der Waals surface area contributed by atoms with Crippen molar-refractivity contribution in [2.24, 2.45) is 23.7 Å². The minimum atomic E-state index is -1.08. The van der Waals surface area contributed by atoms with Gasteiger partial charge in [-0.15, -0.1) is 0 Å². The van der Waals surface area contributed by atoms with E-state index in [2.05, 4.69) is 0 Å². The van der Waals surface area contributed by atoms with Crippen LogP contribution in [0.3, 0.4) is 0 Å². The summed E-state index contributed by atoms with van der Waals surface area (Å²) in [5, 5.41) is 32.0. The van der Waals surface area contributed by atoms with Crippen molar-refractivity contribution in [3.05, 3.63) is 23.5 Å². The lowest BCUT2D eigenvalue weighted by Crippen LogP contribution is -2.63. The quantitative estimate of drug-likeness (QED) is 0.444. The third kappa shape index (κ3) is 2.24. The van der Waals surface area contributed by atoms with E-state index in [0.717, 1.165) is 0 Å². The predicted octanol–water partition coefficient (Wildman–Crippen LogP) is 0.906. The first-order valence-corrected chi connectivity index (χ1v) is 9.13. The Hall–Kier alpha value is -1.37. The van der Waals surface area contributed by atoms with Gasteiger partial charge < -0.3 is 24.8 Å². The molecule has 1 spiro atoms. The molecule has 3 heterocycles. The van der Waals surface area contributed by atoms with Crippen LogP contribution in [0.15, 0.2) is 23.5 Å². The van der Waals surface area contributed by atoms with E-state index in [1.54, 1.807) is 12.2 Å². The first-order valence-electron chi connectivity index (χ1n) is 9.13. The van der Waals surface area contributed by atoms with Gasteiger partial charge in [0.05, 0.1) is 18.1 Å². The van der Waals surface area contributed by atoms with Crippen molar-refractivity contribution in [2.45, 2.75) is 63.6 Å². The van der Waals surface area contributed by atoms with Gasteiger partial charge in [0.2, 0.25) is 0 Å². The number of carbonyl (C=O) groups is 1. The highest BCUT2D eigenvalue weighted by molar-refractivity contribution is 5.94. The topological polar surface area (TPSA) is 96.2 Å². The van der Waals surface area contributed by atoms with Crippen LogP contribution in [0.4, 0.5) is 0 Å². The van der Waals surface area contributed by atoms with Crippen LogP contribution < -0.4 is 0 Å². The summed E-state index contributed by atoms with van der Waals surface area (Å²) in [6.07, 6.45) is 1.58. The summed E-state index contributed by atoms with van der Waals surface area (Å²) in [4.78, 5) is 12.6. The van der Waals surface area contributed by atoms with Gasteiger partial charge in [0.15, 0.2) is 11.4 Å². The van der Waals surface area contributed by atoms with Crippen LogP contribution in [0.25, 0.3) is 0 Å².